The number of carboxylic acid groups (broad SMARTS) is 1. The molecule has 4 nitrogen and oxygen atoms in total. The number of hydrogen-bond acceptors (Lipinski definition) is 3. The molecule has 2 atom stereocenters. The molecule has 0 aromatic carbocycles. The molecule has 1 fully saturated rings. The van der Waals surface area contributed by atoms with Crippen molar-refractivity contribution in [1.82, 2.24) is 5.32 Å². The summed E-state index contributed by atoms with van der Waals surface area (Å²) in [5.41, 5.74) is 0. The number of aliphatic carboxylic acids is 1. The van der Waals surface area contributed by atoms with Gasteiger partial charge in [0.25, 0.3) is 0 Å². The summed E-state index contributed by atoms with van der Waals surface area (Å²) < 4.78 is 5.41. The first-order valence-electron chi connectivity index (χ1n) is 5.78. The van der Waals surface area contributed by atoms with E-state index in [1.165, 1.54) is 0 Å². The minimum absolute atomic E-state index is 0.352. The first kappa shape index (κ1) is 12.5. The maximum Gasteiger partial charge on any atom is 0.320 e. The van der Waals surface area contributed by atoms with Crippen LogP contribution in [0.4, 0.5) is 0 Å². The molecule has 0 radical (unpaired) electrons. The van der Waals surface area contributed by atoms with Crippen molar-refractivity contribution in [3.63, 3.8) is 0 Å². The van der Waals surface area contributed by atoms with Gasteiger partial charge in [0.1, 0.15) is 6.04 Å². The molecule has 1 aliphatic heterocycles. The van der Waals surface area contributed by atoms with Gasteiger partial charge >= 0.3 is 5.97 Å². The smallest absolute Gasteiger partial charge is 0.320 e. The SMILES string of the molecule is CCCOCCC1CCNC(C(=O)O)C1. The summed E-state index contributed by atoms with van der Waals surface area (Å²) in [5.74, 6) is -0.224. The van der Waals surface area contributed by atoms with E-state index in [1.807, 2.05) is 0 Å². The fourth-order valence-corrected chi connectivity index (χ4v) is 1.94. The highest BCUT2D eigenvalue weighted by atomic mass is 16.5. The van der Waals surface area contributed by atoms with Gasteiger partial charge in [-0.15, -0.1) is 0 Å². The fourth-order valence-electron chi connectivity index (χ4n) is 1.94. The Kier molecular flexibility index (Phi) is 5.65. The monoisotopic (exact) mass is 215 g/mol. The predicted octanol–water partition coefficient (Wildman–Crippen LogP) is 1.26. The molecule has 2 unspecified atom stereocenters. The van der Waals surface area contributed by atoms with Crippen molar-refractivity contribution >= 4 is 5.97 Å². The molecule has 88 valence electrons. The van der Waals surface area contributed by atoms with Crippen molar-refractivity contribution in [2.24, 2.45) is 5.92 Å². The third-order valence-electron chi connectivity index (χ3n) is 2.83. The van der Waals surface area contributed by atoms with Crippen LogP contribution >= 0.6 is 0 Å². The van der Waals surface area contributed by atoms with E-state index in [0.29, 0.717) is 5.92 Å². The second-order valence-corrected chi connectivity index (χ2v) is 4.14. The number of hydrogen-bond donors (Lipinski definition) is 2. The van der Waals surface area contributed by atoms with Crippen LogP contribution in [-0.4, -0.2) is 36.9 Å². The quantitative estimate of drug-likeness (QED) is 0.655. The van der Waals surface area contributed by atoms with E-state index in [-0.39, 0.29) is 6.04 Å². The van der Waals surface area contributed by atoms with Crippen molar-refractivity contribution in [3.05, 3.63) is 0 Å². The molecule has 4 heteroatoms. The number of nitrogens with one attached hydrogen (secondary N) is 1. The maximum absolute atomic E-state index is 10.8. The topological polar surface area (TPSA) is 58.6 Å². The molecule has 0 spiro atoms. The highest BCUT2D eigenvalue weighted by Gasteiger charge is 2.25. The van der Waals surface area contributed by atoms with Crippen molar-refractivity contribution in [2.75, 3.05) is 19.8 Å². The zero-order valence-corrected chi connectivity index (χ0v) is 9.37. The van der Waals surface area contributed by atoms with Crippen LogP contribution in [0.15, 0.2) is 0 Å². The molecule has 0 aliphatic carbocycles. The minimum Gasteiger partial charge on any atom is -0.480 e. The lowest BCUT2D eigenvalue weighted by Crippen LogP contribution is -2.43. The van der Waals surface area contributed by atoms with Gasteiger partial charge in [-0.25, -0.2) is 0 Å². The fraction of sp³-hybridized carbons (Fsp3) is 0.909. The summed E-state index contributed by atoms with van der Waals surface area (Å²) in [7, 11) is 0. The van der Waals surface area contributed by atoms with Crippen LogP contribution in [0.1, 0.15) is 32.6 Å². The summed E-state index contributed by atoms with van der Waals surface area (Å²) in [4.78, 5) is 10.8. The van der Waals surface area contributed by atoms with Gasteiger partial charge in [-0.2, -0.15) is 0 Å². The molecule has 1 rings (SSSR count). The van der Waals surface area contributed by atoms with Crippen molar-refractivity contribution in [1.29, 1.82) is 0 Å². The number of rotatable bonds is 6. The van der Waals surface area contributed by atoms with Gasteiger partial charge in [-0.3, -0.25) is 4.79 Å². The van der Waals surface area contributed by atoms with Gasteiger partial charge in [-0.05, 0) is 38.1 Å². The molecule has 1 heterocycles. The van der Waals surface area contributed by atoms with Gasteiger partial charge in [-0.1, -0.05) is 6.92 Å². The van der Waals surface area contributed by atoms with Gasteiger partial charge in [0.05, 0.1) is 0 Å². The number of carboxylic acids is 1. The zero-order valence-electron chi connectivity index (χ0n) is 9.37. The first-order valence-corrected chi connectivity index (χ1v) is 5.78. The van der Waals surface area contributed by atoms with Crippen LogP contribution in [0.25, 0.3) is 0 Å². The Morgan fingerprint density at radius 3 is 3.00 bits per heavy atom. The molecule has 0 amide bonds. The van der Waals surface area contributed by atoms with E-state index < -0.39 is 5.97 Å². The van der Waals surface area contributed by atoms with Gasteiger partial charge in [0, 0.05) is 13.2 Å². The van der Waals surface area contributed by atoms with E-state index in [9.17, 15) is 4.79 Å². The lowest BCUT2D eigenvalue weighted by Gasteiger charge is -2.27. The number of piperidine rings is 1. The summed E-state index contributed by atoms with van der Waals surface area (Å²) in [6, 6.07) is -0.352. The van der Waals surface area contributed by atoms with Crippen LogP contribution in [0.5, 0.6) is 0 Å². The average Bonchev–Trinajstić information content (AvgIpc) is 2.25. The Morgan fingerprint density at radius 1 is 1.53 bits per heavy atom. The van der Waals surface area contributed by atoms with Crippen molar-refractivity contribution in [2.45, 2.75) is 38.6 Å². The third kappa shape index (κ3) is 4.62. The summed E-state index contributed by atoms with van der Waals surface area (Å²) in [6.45, 7) is 4.48. The second kappa shape index (κ2) is 6.80. The van der Waals surface area contributed by atoms with E-state index in [2.05, 4.69) is 12.2 Å². The van der Waals surface area contributed by atoms with Crippen LogP contribution in [0, 0.1) is 5.92 Å². The third-order valence-corrected chi connectivity index (χ3v) is 2.83. The van der Waals surface area contributed by atoms with E-state index >= 15 is 0 Å². The van der Waals surface area contributed by atoms with E-state index in [1.54, 1.807) is 0 Å². The molecular formula is C11H21NO3. The Morgan fingerprint density at radius 2 is 2.33 bits per heavy atom. The lowest BCUT2D eigenvalue weighted by molar-refractivity contribution is -0.140. The van der Waals surface area contributed by atoms with Gasteiger partial charge in [0.15, 0.2) is 0 Å². The van der Waals surface area contributed by atoms with Crippen LogP contribution in [0.3, 0.4) is 0 Å². The summed E-state index contributed by atoms with van der Waals surface area (Å²) in [5, 5.41) is 11.9. The van der Waals surface area contributed by atoms with Crippen LogP contribution in [-0.2, 0) is 9.53 Å². The minimum atomic E-state index is -0.728. The predicted molar refractivity (Wildman–Crippen MR) is 57.9 cm³/mol. The van der Waals surface area contributed by atoms with Crippen LogP contribution < -0.4 is 5.32 Å². The molecule has 15 heavy (non-hydrogen) atoms. The van der Waals surface area contributed by atoms with Gasteiger partial charge in [0.2, 0.25) is 0 Å². The molecule has 1 aliphatic rings. The zero-order chi connectivity index (χ0) is 11.1. The Labute approximate surface area is 91.0 Å². The Balaban J connectivity index is 2.15. The highest BCUT2D eigenvalue weighted by molar-refractivity contribution is 5.73. The average molecular weight is 215 g/mol. The molecule has 0 bridgehead atoms. The van der Waals surface area contributed by atoms with E-state index in [4.69, 9.17) is 9.84 Å². The first-order chi connectivity index (χ1) is 7.24. The maximum atomic E-state index is 10.8. The summed E-state index contributed by atoms with van der Waals surface area (Å²) >= 11 is 0. The molecule has 0 aromatic heterocycles. The standard InChI is InChI=1S/C11H21NO3/c1-2-6-15-7-4-9-3-5-12-10(8-9)11(13)14/h9-10,12H,2-8H2,1H3,(H,13,14). The lowest BCUT2D eigenvalue weighted by atomic mass is 9.90. The Hall–Kier alpha value is -0.610. The molecule has 2 N–H and O–H groups in total. The van der Waals surface area contributed by atoms with E-state index in [0.717, 1.165) is 45.4 Å². The molecule has 0 saturated carbocycles. The number of ether oxygens (including phenoxy) is 1. The number of carbonyl (C=O) groups is 1. The molecule has 0 aromatic rings. The molecular weight excluding hydrogens is 194 g/mol. The Bertz CT molecular complexity index is 196. The van der Waals surface area contributed by atoms with Crippen molar-refractivity contribution in [3.8, 4) is 0 Å². The van der Waals surface area contributed by atoms with Crippen molar-refractivity contribution < 1.29 is 14.6 Å². The normalized spacial score (nSPS) is 26.5. The largest absolute Gasteiger partial charge is 0.480 e. The molecule has 1 saturated heterocycles. The summed E-state index contributed by atoms with van der Waals surface area (Å²) in [6.07, 6.45) is 3.85. The highest BCUT2D eigenvalue weighted by Crippen LogP contribution is 2.19. The second-order valence-electron chi connectivity index (χ2n) is 4.14. The van der Waals surface area contributed by atoms with Gasteiger partial charge < -0.3 is 15.2 Å². The van der Waals surface area contributed by atoms with Crippen LogP contribution in [0.2, 0.25) is 0 Å².